The van der Waals surface area contributed by atoms with E-state index in [1.807, 2.05) is 104 Å². The van der Waals surface area contributed by atoms with Crippen LogP contribution in [-0.4, -0.2) is 63.6 Å². The first-order chi connectivity index (χ1) is 25.9. The number of fused-ring (bicyclic) bond motifs is 1. The maximum absolute atomic E-state index is 13.6. The molecule has 0 bridgehead atoms. The zero-order chi connectivity index (χ0) is 36.5. The predicted molar refractivity (Wildman–Crippen MR) is 207 cm³/mol. The number of anilines is 1. The van der Waals surface area contributed by atoms with E-state index in [1.165, 1.54) is 0 Å². The minimum absolute atomic E-state index is 0.0294. The molecule has 0 unspecified atom stereocenters. The van der Waals surface area contributed by atoms with Crippen molar-refractivity contribution in [3.05, 3.63) is 126 Å². The highest BCUT2D eigenvalue weighted by atomic mass is 16.5. The number of carbonyl (C=O) groups is 3. The fourth-order valence-electron chi connectivity index (χ4n) is 8.06. The Kier molecular flexibility index (Phi) is 9.48. The minimum atomic E-state index is -0.569. The number of hydrogen-bond acceptors (Lipinski definition) is 6. The highest BCUT2D eigenvalue weighted by Gasteiger charge is 2.38. The lowest BCUT2D eigenvalue weighted by molar-refractivity contribution is -0.137. The van der Waals surface area contributed by atoms with Gasteiger partial charge in [0.05, 0.1) is 23.3 Å². The second kappa shape index (κ2) is 14.7. The van der Waals surface area contributed by atoms with Gasteiger partial charge >= 0.3 is 0 Å². The second-order valence-electron chi connectivity index (χ2n) is 14.4. The molecule has 5 aromatic rings. The molecule has 2 fully saturated rings. The van der Waals surface area contributed by atoms with Gasteiger partial charge in [-0.1, -0.05) is 96.2 Å². The highest BCUT2D eigenvalue weighted by Crippen LogP contribution is 2.34. The Balaban J connectivity index is 0.922. The molecule has 9 nitrogen and oxygen atoms in total. The lowest BCUT2D eigenvalue weighted by Crippen LogP contribution is -2.44. The number of benzene rings is 4. The van der Waals surface area contributed by atoms with Crippen LogP contribution in [0, 0.1) is 0 Å². The van der Waals surface area contributed by atoms with E-state index < -0.39 is 6.04 Å². The number of nitrogens with zero attached hydrogens (tertiary/aromatic N) is 4. The van der Waals surface area contributed by atoms with Crippen molar-refractivity contribution >= 4 is 45.8 Å². The van der Waals surface area contributed by atoms with Gasteiger partial charge < -0.3 is 19.6 Å². The molecule has 4 atom stereocenters. The van der Waals surface area contributed by atoms with E-state index in [0.717, 1.165) is 71.3 Å². The summed E-state index contributed by atoms with van der Waals surface area (Å²) >= 11 is 0. The lowest BCUT2D eigenvalue weighted by atomic mass is 9.95. The fourth-order valence-corrected chi connectivity index (χ4v) is 8.06. The van der Waals surface area contributed by atoms with Crippen LogP contribution < -0.4 is 5.32 Å². The van der Waals surface area contributed by atoms with Gasteiger partial charge in [0.15, 0.2) is 11.4 Å². The van der Waals surface area contributed by atoms with Gasteiger partial charge in [0.1, 0.15) is 6.04 Å². The number of allylic oxidation sites excluding steroid dienone is 1. The molecule has 3 aliphatic heterocycles. The molecule has 1 N–H and O–H groups in total. The smallest absolute Gasteiger partial charge is 0.248 e. The minimum Gasteiger partial charge on any atom is -0.354 e. The maximum Gasteiger partial charge on any atom is 0.248 e. The molecule has 4 heterocycles. The summed E-state index contributed by atoms with van der Waals surface area (Å²) in [6.45, 7) is 5.19. The largest absolute Gasteiger partial charge is 0.354 e. The summed E-state index contributed by atoms with van der Waals surface area (Å²) < 4.78 is 5.58. The Bertz CT molecular complexity index is 2210. The van der Waals surface area contributed by atoms with Crippen LogP contribution in [-0.2, 0) is 14.4 Å². The number of rotatable bonds is 9. The molecule has 268 valence electrons. The van der Waals surface area contributed by atoms with E-state index in [4.69, 9.17) is 9.52 Å². The lowest BCUT2D eigenvalue weighted by Gasteiger charge is -2.28. The Morgan fingerprint density at radius 3 is 2.04 bits per heavy atom. The molecular weight excluding hydrogens is 663 g/mol. The number of carbonyl (C=O) groups excluding carboxylic acids is 3. The monoisotopic (exact) mass is 705 g/mol. The van der Waals surface area contributed by atoms with Gasteiger partial charge in [-0.05, 0) is 85.1 Å². The Labute approximate surface area is 309 Å². The van der Waals surface area contributed by atoms with Gasteiger partial charge in [-0.15, -0.1) is 0 Å². The second-order valence-corrected chi connectivity index (χ2v) is 14.4. The molecule has 8 rings (SSSR count). The SMILES string of the molecule is C[C@@H](C(=O)N1CCC[C@H]1C(=O)Nc1noc2ccc(-c3ccc(C4=CN=C([C@@H]5CCCN5C(=O)[C@H](C)c5ccccc5)C4)cc3)cc12)c1ccccc1. The van der Waals surface area contributed by atoms with E-state index in [0.29, 0.717) is 29.8 Å². The molecule has 4 aromatic carbocycles. The summed E-state index contributed by atoms with van der Waals surface area (Å²) in [5.74, 6) is -0.333. The Morgan fingerprint density at radius 1 is 0.736 bits per heavy atom. The van der Waals surface area contributed by atoms with Crippen LogP contribution in [0.1, 0.15) is 74.5 Å². The number of nitrogens with one attached hydrogen (secondary N) is 1. The van der Waals surface area contributed by atoms with Gasteiger partial charge in [0.25, 0.3) is 0 Å². The van der Waals surface area contributed by atoms with E-state index in [9.17, 15) is 14.4 Å². The summed E-state index contributed by atoms with van der Waals surface area (Å²) in [6.07, 6.45) is 5.95. The fraction of sp³-hybridized carbons (Fsp3) is 0.295. The third kappa shape index (κ3) is 6.79. The van der Waals surface area contributed by atoms with Crippen molar-refractivity contribution in [2.75, 3.05) is 18.4 Å². The summed E-state index contributed by atoms with van der Waals surface area (Å²) in [5.41, 5.74) is 7.80. The van der Waals surface area contributed by atoms with Gasteiger partial charge in [0, 0.05) is 31.4 Å². The molecular formula is C44H43N5O4. The zero-order valence-electron chi connectivity index (χ0n) is 30.1. The average Bonchev–Trinajstić information content (AvgIpc) is 4.05. The standard InChI is InChI=1S/C44H43N5O4/c1-28(30-11-5-3-6-12-30)43(51)48-23-9-15-38(48)37-26-35(27-45-37)33-19-17-32(18-20-33)34-21-22-40-36(25-34)41(47-53-40)46-42(50)39-16-10-24-49(39)44(52)29(2)31-13-7-4-8-14-31/h3-8,11-14,17-22,25,27-29,38-39H,9-10,15-16,23-24,26H2,1-2H3,(H,46,47,50)/t28-,29-,38+,39+/m1/s1. The van der Waals surface area contributed by atoms with E-state index in [-0.39, 0.29) is 35.6 Å². The number of aliphatic imine (C=N–C) groups is 1. The van der Waals surface area contributed by atoms with Crippen LogP contribution in [0.15, 0.2) is 119 Å². The van der Waals surface area contributed by atoms with Crippen LogP contribution in [0.4, 0.5) is 5.82 Å². The van der Waals surface area contributed by atoms with Crippen molar-refractivity contribution in [2.45, 2.75) is 69.9 Å². The highest BCUT2D eigenvalue weighted by molar-refractivity contribution is 6.05. The van der Waals surface area contributed by atoms with Crippen molar-refractivity contribution < 1.29 is 18.9 Å². The normalized spacial score (nSPS) is 19.6. The molecule has 0 aliphatic carbocycles. The molecule has 3 aliphatic rings. The first kappa shape index (κ1) is 34.3. The summed E-state index contributed by atoms with van der Waals surface area (Å²) in [5, 5.41) is 7.85. The van der Waals surface area contributed by atoms with Crippen LogP contribution in [0.3, 0.4) is 0 Å². The van der Waals surface area contributed by atoms with Gasteiger partial charge in [-0.2, -0.15) is 0 Å². The Hall–Kier alpha value is -5.83. The van der Waals surface area contributed by atoms with Crippen molar-refractivity contribution in [3.63, 3.8) is 0 Å². The van der Waals surface area contributed by atoms with Crippen LogP contribution in [0.2, 0.25) is 0 Å². The summed E-state index contributed by atoms with van der Waals surface area (Å²) in [7, 11) is 0. The third-order valence-electron chi connectivity index (χ3n) is 11.2. The molecule has 1 aromatic heterocycles. The van der Waals surface area contributed by atoms with Crippen molar-refractivity contribution in [3.8, 4) is 11.1 Å². The number of aromatic nitrogens is 1. The van der Waals surface area contributed by atoms with E-state index in [2.05, 4.69) is 34.7 Å². The van der Waals surface area contributed by atoms with E-state index in [1.54, 1.807) is 4.90 Å². The summed E-state index contributed by atoms with van der Waals surface area (Å²) in [6, 6.07) is 33.3. The van der Waals surface area contributed by atoms with Gasteiger partial charge in [0.2, 0.25) is 17.7 Å². The van der Waals surface area contributed by atoms with Crippen molar-refractivity contribution in [1.29, 1.82) is 0 Å². The van der Waals surface area contributed by atoms with Crippen molar-refractivity contribution in [2.24, 2.45) is 4.99 Å². The first-order valence-electron chi connectivity index (χ1n) is 18.6. The zero-order valence-corrected chi connectivity index (χ0v) is 30.1. The topological polar surface area (TPSA) is 108 Å². The molecule has 0 spiro atoms. The molecule has 9 heteroatoms. The average molecular weight is 706 g/mol. The van der Waals surface area contributed by atoms with Crippen LogP contribution >= 0.6 is 0 Å². The van der Waals surface area contributed by atoms with Gasteiger partial charge in [-0.3, -0.25) is 19.4 Å². The number of hydrogen-bond donors (Lipinski definition) is 1. The summed E-state index contributed by atoms with van der Waals surface area (Å²) in [4.78, 5) is 49.1. The molecule has 3 amide bonds. The quantitative estimate of drug-likeness (QED) is 0.166. The predicted octanol–water partition coefficient (Wildman–Crippen LogP) is 8.21. The maximum atomic E-state index is 13.6. The Morgan fingerprint density at radius 2 is 1.34 bits per heavy atom. The van der Waals surface area contributed by atoms with Gasteiger partial charge in [-0.25, -0.2) is 0 Å². The molecule has 0 radical (unpaired) electrons. The van der Waals surface area contributed by atoms with Crippen LogP contribution in [0.25, 0.3) is 27.7 Å². The first-order valence-corrected chi connectivity index (χ1v) is 18.6. The third-order valence-corrected chi connectivity index (χ3v) is 11.2. The molecule has 0 saturated carbocycles. The molecule has 53 heavy (non-hydrogen) atoms. The molecule has 2 saturated heterocycles. The number of amides is 3. The number of likely N-dealkylation sites (tertiary alicyclic amines) is 2. The van der Waals surface area contributed by atoms with Crippen LogP contribution in [0.5, 0.6) is 0 Å². The van der Waals surface area contributed by atoms with E-state index >= 15 is 0 Å². The van der Waals surface area contributed by atoms with Crippen molar-refractivity contribution in [1.82, 2.24) is 15.0 Å².